The minimum atomic E-state index is -0.538. The van der Waals surface area contributed by atoms with E-state index < -0.39 is 11.3 Å². The maximum Gasteiger partial charge on any atom is 0.244 e. The number of nitrogens with zero attached hydrogens (tertiary/aromatic N) is 1. The lowest BCUT2D eigenvalue weighted by atomic mass is 10.1. The molecule has 0 aliphatic rings. The maximum atomic E-state index is 11.6. The lowest BCUT2D eigenvalue weighted by Gasteiger charge is -2.31. The summed E-state index contributed by atoms with van der Waals surface area (Å²) >= 11 is 5.68. The van der Waals surface area contributed by atoms with Gasteiger partial charge in [0.25, 0.3) is 0 Å². The summed E-state index contributed by atoms with van der Waals surface area (Å²) in [5.41, 5.74) is 1.79. The first-order chi connectivity index (χ1) is 9.60. The SMILES string of the molecule is CCc1cccc(OC)c1N(CC=O)C(CC)C(=O)Cl. The first-order valence-corrected chi connectivity index (χ1v) is 7.03. The van der Waals surface area contributed by atoms with E-state index in [-0.39, 0.29) is 6.54 Å². The number of aldehydes is 1. The van der Waals surface area contributed by atoms with E-state index in [0.29, 0.717) is 12.2 Å². The molecule has 0 aliphatic heterocycles. The van der Waals surface area contributed by atoms with Crippen molar-refractivity contribution in [2.45, 2.75) is 32.7 Å². The Morgan fingerprint density at radius 2 is 2.15 bits per heavy atom. The molecule has 0 aromatic heterocycles. The van der Waals surface area contributed by atoms with Crippen LogP contribution in [0.3, 0.4) is 0 Å². The fourth-order valence-corrected chi connectivity index (χ4v) is 2.57. The number of rotatable bonds is 8. The zero-order valence-corrected chi connectivity index (χ0v) is 12.8. The molecule has 4 nitrogen and oxygen atoms in total. The standard InChI is InChI=1S/C15H20ClNO3/c1-4-11-7-6-8-13(20-3)14(11)17(9-10-18)12(5-2)15(16)19/h6-8,10,12H,4-5,9H2,1-3H3. The molecule has 1 unspecified atom stereocenters. The number of aryl methyl sites for hydroxylation is 1. The van der Waals surface area contributed by atoms with Gasteiger partial charge in [-0.05, 0) is 36.1 Å². The summed E-state index contributed by atoms with van der Waals surface area (Å²) in [5.74, 6) is 0.641. The monoisotopic (exact) mass is 297 g/mol. The summed E-state index contributed by atoms with van der Waals surface area (Å²) in [6.07, 6.45) is 2.07. The molecule has 0 N–H and O–H groups in total. The number of halogens is 1. The molecule has 1 atom stereocenters. The second-order valence-corrected chi connectivity index (χ2v) is 4.74. The minimum absolute atomic E-state index is 0.102. The molecule has 1 aromatic rings. The Hall–Kier alpha value is -1.55. The van der Waals surface area contributed by atoms with Crippen molar-refractivity contribution in [2.75, 3.05) is 18.6 Å². The van der Waals surface area contributed by atoms with Gasteiger partial charge in [-0.25, -0.2) is 0 Å². The summed E-state index contributed by atoms with van der Waals surface area (Å²) in [6, 6.07) is 5.13. The fraction of sp³-hybridized carbons (Fsp3) is 0.467. The molecule has 5 heteroatoms. The van der Waals surface area contributed by atoms with E-state index in [2.05, 4.69) is 0 Å². The van der Waals surface area contributed by atoms with E-state index in [0.717, 1.165) is 24.0 Å². The average molecular weight is 298 g/mol. The Balaban J connectivity index is 3.39. The molecule has 1 rings (SSSR count). The zero-order chi connectivity index (χ0) is 15.1. The molecule has 1 aromatic carbocycles. The van der Waals surface area contributed by atoms with Gasteiger partial charge < -0.3 is 14.4 Å². The lowest BCUT2D eigenvalue weighted by molar-refractivity contribution is -0.113. The number of anilines is 1. The van der Waals surface area contributed by atoms with E-state index >= 15 is 0 Å². The largest absolute Gasteiger partial charge is 0.495 e. The fourth-order valence-electron chi connectivity index (χ4n) is 2.30. The van der Waals surface area contributed by atoms with Gasteiger partial charge in [0.1, 0.15) is 18.1 Å². The summed E-state index contributed by atoms with van der Waals surface area (Å²) in [6.45, 7) is 3.98. The number of hydrogen-bond donors (Lipinski definition) is 0. The second kappa shape index (κ2) is 7.90. The average Bonchev–Trinajstić information content (AvgIpc) is 2.45. The van der Waals surface area contributed by atoms with Crippen molar-refractivity contribution in [3.63, 3.8) is 0 Å². The van der Waals surface area contributed by atoms with Gasteiger partial charge in [-0.3, -0.25) is 4.79 Å². The van der Waals surface area contributed by atoms with Crippen LogP contribution < -0.4 is 9.64 Å². The number of ether oxygens (including phenoxy) is 1. The summed E-state index contributed by atoms with van der Waals surface area (Å²) in [7, 11) is 1.57. The van der Waals surface area contributed by atoms with E-state index in [1.807, 2.05) is 32.0 Å². The van der Waals surface area contributed by atoms with Crippen molar-refractivity contribution in [1.29, 1.82) is 0 Å². The lowest BCUT2D eigenvalue weighted by Crippen LogP contribution is -2.41. The predicted octanol–water partition coefficient (Wildman–Crippen LogP) is 2.81. The van der Waals surface area contributed by atoms with E-state index in [1.165, 1.54) is 0 Å². The number of benzene rings is 1. The highest BCUT2D eigenvalue weighted by molar-refractivity contribution is 6.65. The number of para-hydroxylation sites is 1. The summed E-state index contributed by atoms with van der Waals surface area (Å²) in [5, 5.41) is -0.470. The van der Waals surface area contributed by atoms with Gasteiger partial charge in [0.05, 0.1) is 19.3 Å². The highest BCUT2D eigenvalue weighted by Crippen LogP contribution is 2.34. The quantitative estimate of drug-likeness (QED) is 0.547. The number of carbonyl (C=O) groups is 2. The maximum absolute atomic E-state index is 11.6. The number of carbonyl (C=O) groups excluding carboxylic acids is 2. The molecule has 0 radical (unpaired) electrons. The van der Waals surface area contributed by atoms with E-state index in [1.54, 1.807) is 12.0 Å². The van der Waals surface area contributed by atoms with Crippen LogP contribution in [0.15, 0.2) is 18.2 Å². The summed E-state index contributed by atoms with van der Waals surface area (Å²) < 4.78 is 5.38. The Kier molecular flexibility index (Phi) is 6.52. The normalized spacial score (nSPS) is 11.8. The second-order valence-electron chi connectivity index (χ2n) is 4.37. The van der Waals surface area contributed by atoms with Crippen LogP contribution in [-0.4, -0.2) is 31.2 Å². The first-order valence-electron chi connectivity index (χ1n) is 6.66. The van der Waals surface area contributed by atoms with Crippen LogP contribution in [0.5, 0.6) is 5.75 Å². The highest BCUT2D eigenvalue weighted by Gasteiger charge is 2.26. The van der Waals surface area contributed by atoms with Crippen LogP contribution in [0.2, 0.25) is 0 Å². The van der Waals surface area contributed by atoms with Crippen LogP contribution in [0.25, 0.3) is 0 Å². The van der Waals surface area contributed by atoms with Crippen molar-refractivity contribution in [1.82, 2.24) is 0 Å². The molecule has 0 aliphatic carbocycles. The van der Waals surface area contributed by atoms with Gasteiger partial charge in [-0.2, -0.15) is 0 Å². The van der Waals surface area contributed by atoms with Crippen molar-refractivity contribution < 1.29 is 14.3 Å². The van der Waals surface area contributed by atoms with E-state index in [9.17, 15) is 9.59 Å². The molecule has 0 saturated carbocycles. The molecule has 0 spiro atoms. The molecule has 0 bridgehead atoms. The van der Waals surface area contributed by atoms with Gasteiger partial charge >= 0.3 is 0 Å². The van der Waals surface area contributed by atoms with Crippen molar-refractivity contribution in [2.24, 2.45) is 0 Å². The third-order valence-corrected chi connectivity index (χ3v) is 3.52. The number of hydrogen-bond acceptors (Lipinski definition) is 4. The third kappa shape index (κ3) is 3.51. The Bertz CT molecular complexity index is 454. The third-order valence-electron chi connectivity index (χ3n) is 3.27. The Morgan fingerprint density at radius 1 is 1.45 bits per heavy atom. The molecule has 110 valence electrons. The van der Waals surface area contributed by atoms with Crippen LogP contribution in [0.1, 0.15) is 25.8 Å². The molecular weight excluding hydrogens is 278 g/mol. The molecule has 0 saturated heterocycles. The minimum Gasteiger partial charge on any atom is -0.495 e. The topological polar surface area (TPSA) is 46.6 Å². The van der Waals surface area contributed by atoms with Crippen LogP contribution >= 0.6 is 11.6 Å². The van der Waals surface area contributed by atoms with Gasteiger partial charge in [-0.15, -0.1) is 0 Å². The smallest absolute Gasteiger partial charge is 0.244 e. The zero-order valence-electron chi connectivity index (χ0n) is 12.1. The van der Waals surface area contributed by atoms with Gasteiger partial charge in [0.2, 0.25) is 5.24 Å². The summed E-state index contributed by atoms with van der Waals surface area (Å²) in [4.78, 5) is 24.3. The Labute approximate surface area is 124 Å². The van der Waals surface area contributed by atoms with E-state index in [4.69, 9.17) is 16.3 Å². The van der Waals surface area contributed by atoms with Crippen LogP contribution in [0.4, 0.5) is 5.69 Å². The van der Waals surface area contributed by atoms with Crippen molar-refractivity contribution in [3.8, 4) is 5.75 Å². The van der Waals surface area contributed by atoms with Crippen LogP contribution in [-0.2, 0) is 16.0 Å². The van der Waals surface area contributed by atoms with Crippen molar-refractivity contribution >= 4 is 28.8 Å². The van der Waals surface area contributed by atoms with Gasteiger partial charge in [0.15, 0.2) is 0 Å². The molecule has 0 amide bonds. The predicted molar refractivity (Wildman–Crippen MR) is 80.7 cm³/mol. The molecule has 0 heterocycles. The number of methoxy groups -OCH3 is 1. The van der Waals surface area contributed by atoms with Crippen LogP contribution in [0, 0.1) is 0 Å². The molecular formula is C15H20ClNO3. The van der Waals surface area contributed by atoms with Crippen molar-refractivity contribution in [3.05, 3.63) is 23.8 Å². The molecule has 20 heavy (non-hydrogen) atoms. The highest BCUT2D eigenvalue weighted by atomic mass is 35.5. The first kappa shape index (κ1) is 16.5. The Morgan fingerprint density at radius 3 is 2.60 bits per heavy atom. The van der Waals surface area contributed by atoms with Gasteiger partial charge in [0, 0.05) is 0 Å². The van der Waals surface area contributed by atoms with Gasteiger partial charge in [-0.1, -0.05) is 26.0 Å². The molecule has 0 fully saturated rings.